The SMILES string of the molecule is CC(C#N)c1cnc(CCCCCCCCCCCC#N)[nH]1. The number of aryl methyl sites for hydroxylation is 1. The summed E-state index contributed by atoms with van der Waals surface area (Å²) >= 11 is 0. The van der Waals surface area contributed by atoms with E-state index in [0.717, 1.165) is 30.8 Å². The maximum Gasteiger partial charge on any atom is 0.106 e. The molecule has 1 aromatic heterocycles. The maximum atomic E-state index is 8.86. The van der Waals surface area contributed by atoms with Crippen LogP contribution in [0.25, 0.3) is 0 Å². The molecule has 0 saturated carbocycles. The molecule has 0 amide bonds. The van der Waals surface area contributed by atoms with E-state index in [-0.39, 0.29) is 5.92 Å². The second-order valence-corrected chi connectivity index (χ2v) is 5.98. The first-order chi connectivity index (χ1) is 10.8. The summed E-state index contributed by atoms with van der Waals surface area (Å²) in [7, 11) is 0. The number of aromatic nitrogens is 2. The Balaban J connectivity index is 1.94. The third kappa shape index (κ3) is 7.84. The van der Waals surface area contributed by atoms with Crippen LogP contribution in [0.2, 0.25) is 0 Å². The van der Waals surface area contributed by atoms with Crippen LogP contribution in [0, 0.1) is 22.7 Å². The molecule has 0 spiro atoms. The van der Waals surface area contributed by atoms with Gasteiger partial charge in [0.25, 0.3) is 0 Å². The van der Waals surface area contributed by atoms with Crippen molar-refractivity contribution in [3.8, 4) is 12.1 Å². The zero-order valence-corrected chi connectivity index (χ0v) is 13.8. The molecule has 0 aromatic carbocycles. The van der Waals surface area contributed by atoms with Gasteiger partial charge in [0, 0.05) is 19.0 Å². The van der Waals surface area contributed by atoms with Gasteiger partial charge in [0.05, 0.1) is 23.8 Å². The number of imidazole rings is 1. The van der Waals surface area contributed by atoms with Gasteiger partial charge < -0.3 is 4.98 Å². The Kier molecular flexibility index (Phi) is 9.79. The van der Waals surface area contributed by atoms with E-state index >= 15 is 0 Å². The minimum absolute atomic E-state index is 0.102. The molecule has 0 saturated heterocycles. The summed E-state index contributed by atoms with van der Waals surface area (Å²) in [4.78, 5) is 7.58. The highest BCUT2D eigenvalue weighted by Crippen LogP contribution is 2.14. The summed E-state index contributed by atoms with van der Waals surface area (Å²) in [5, 5.41) is 17.3. The van der Waals surface area contributed by atoms with Crippen LogP contribution < -0.4 is 0 Å². The van der Waals surface area contributed by atoms with Crippen LogP contribution in [0.15, 0.2) is 6.20 Å². The lowest BCUT2D eigenvalue weighted by atomic mass is 10.1. The summed E-state index contributed by atoms with van der Waals surface area (Å²) < 4.78 is 0. The van der Waals surface area contributed by atoms with Gasteiger partial charge >= 0.3 is 0 Å². The molecule has 1 aromatic rings. The summed E-state index contributed by atoms with van der Waals surface area (Å²) in [5.41, 5.74) is 0.925. The lowest BCUT2D eigenvalue weighted by molar-refractivity contribution is 0.558. The molecule has 1 atom stereocenters. The predicted octanol–water partition coefficient (Wildman–Crippen LogP) is 5.00. The number of nitriles is 2. The molecule has 0 bridgehead atoms. The minimum atomic E-state index is -0.102. The van der Waals surface area contributed by atoms with Crippen LogP contribution in [-0.4, -0.2) is 9.97 Å². The highest BCUT2D eigenvalue weighted by Gasteiger charge is 2.07. The van der Waals surface area contributed by atoms with Gasteiger partial charge in [-0.3, -0.25) is 0 Å². The Morgan fingerprint density at radius 2 is 1.59 bits per heavy atom. The van der Waals surface area contributed by atoms with Crippen molar-refractivity contribution in [3.63, 3.8) is 0 Å². The standard InChI is InChI=1S/C18H28N4/c1-16(14-20)17-15-21-18(22-17)12-10-8-6-4-2-3-5-7-9-11-13-19/h15-16H,2-12H2,1H3,(H,21,22). The molecule has 0 fully saturated rings. The third-order valence-corrected chi connectivity index (χ3v) is 4.01. The van der Waals surface area contributed by atoms with Crippen molar-refractivity contribution in [1.82, 2.24) is 9.97 Å². The zero-order chi connectivity index (χ0) is 16.0. The van der Waals surface area contributed by atoms with E-state index in [1.54, 1.807) is 6.20 Å². The summed E-state index contributed by atoms with van der Waals surface area (Å²) in [6.07, 6.45) is 14.6. The number of unbranched alkanes of at least 4 members (excludes halogenated alkanes) is 9. The quantitative estimate of drug-likeness (QED) is 0.551. The third-order valence-electron chi connectivity index (χ3n) is 4.01. The largest absolute Gasteiger partial charge is 0.345 e. The van der Waals surface area contributed by atoms with Gasteiger partial charge in [0.1, 0.15) is 5.82 Å². The Morgan fingerprint density at radius 3 is 2.18 bits per heavy atom. The molecule has 1 rings (SSSR count). The molecule has 120 valence electrons. The lowest BCUT2D eigenvalue weighted by Gasteiger charge is -2.01. The number of hydrogen-bond donors (Lipinski definition) is 1. The first kappa shape index (κ1) is 18.2. The first-order valence-corrected chi connectivity index (χ1v) is 8.58. The zero-order valence-electron chi connectivity index (χ0n) is 13.8. The Morgan fingerprint density at radius 1 is 1.00 bits per heavy atom. The van der Waals surface area contributed by atoms with Gasteiger partial charge in [-0.2, -0.15) is 10.5 Å². The van der Waals surface area contributed by atoms with Crippen molar-refractivity contribution in [3.05, 3.63) is 17.7 Å². The predicted molar refractivity (Wildman–Crippen MR) is 88.1 cm³/mol. The van der Waals surface area contributed by atoms with Crippen molar-refractivity contribution in [1.29, 1.82) is 10.5 Å². The van der Waals surface area contributed by atoms with Crippen molar-refractivity contribution in [2.75, 3.05) is 0 Å². The van der Waals surface area contributed by atoms with E-state index in [9.17, 15) is 0 Å². The highest BCUT2D eigenvalue weighted by molar-refractivity contribution is 5.13. The van der Waals surface area contributed by atoms with Crippen LogP contribution in [0.1, 0.15) is 88.6 Å². The fourth-order valence-corrected chi connectivity index (χ4v) is 2.53. The minimum Gasteiger partial charge on any atom is -0.345 e. The maximum absolute atomic E-state index is 8.86. The van der Waals surface area contributed by atoms with E-state index < -0.39 is 0 Å². The number of rotatable bonds is 12. The monoisotopic (exact) mass is 300 g/mol. The average molecular weight is 300 g/mol. The Bertz CT molecular complexity index is 478. The number of nitrogens with zero attached hydrogens (tertiary/aromatic N) is 3. The molecular weight excluding hydrogens is 272 g/mol. The van der Waals surface area contributed by atoms with Gasteiger partial charge in [-0.15, -0.1) is 0 Å². The van der Waals surface area contributed by atoms with Crippen molar-refractivity contribution < 1.29 is 0 Å². The molecule has 1 heterocycles. The number of H-pyrrole nitrogens is 1. The van der Waals surface area contributed by atoms with Crippen molar-refractivity contribution >= 4 is 0 Å². The smallest absolute Gasteiger partial charge is 0.106 e. The molecule has 0 aliphatic heterocycles. The van der Waals surface area contributed by atoms with E-state index in [0.29, 0.717) is 6.42 Å². The number of aromatic amines is 1. The normalized spacial score (nSPS) is 11.8. The molecule has 0 aliphatic rings. The molecule has 0 aliphatic carbocycles. The number of nitrogens with one attached hydrogen (secondary N) is 1. The van der Waals surface area contributed by atoms with Gasteiger partial charge in [0.15, 0.2) is 0 Å². The average Bonchev–Trinajstić information content (AvgIpc) is 3.00. The van der Waals surface area contributed by atoms with Crippen LogP contribution in [0.5, 0.6) is 0 Å². The van der Waals surface area contributed by atoms with Gasteiger partial charge in [-0.05, 0) is 19.8 Å². The number of hydrogen-bond acceptors (Lipinski definition) is 3. The Labute approximate surface area is 134 Å². The molecule has 22 heavy (non-hydrogen) atoms. The summed E-state index contributed by atoms with van der Waals surface area (Å²) in [5.74, 6) is 0.906. The summed E-state index contributed by atoms with van der Waals surface area (Å²) in [6.45, 7) is 1.89. The topological polar surface area (TPSA) is 76.3 Å². The molecule has 4 heteroatoms. The van der Waals surface area contributed by atoms with E-state index in [1.807, 2.05) is 6.92 Å². The Hall–Kier alpha value is -1.81. The van der Waals surface area contributed by atoms with Gasteiger partial charge in [-0.25, -0.2) is 4.98 Å². The van der Waals surface area contributed by atoms with Gasteiger partial charge in [0.2, 0.25) is 0 Å². The fourth-order valence-electron chi connectivity index (χ4n) is 2.53. The molecule has 1 unspecified atom stereocenters. The van der Waals surface area contributed by atoms with E-state index in [2.05, 4.69) is 22.1 Å². The molecule has 4 nitrogen and oxygen atoms in total. The van der Waals surface area contributed by atoms with E-state index in [4.69, 9.17) is 10.5 Å². The van der Waals surface area contributed by atoms with Crippen molar-refractivity contribution in [2.24, 2.45) is 0 Å². The lowest BCUT2D eigenvalue weighted by Crippen LogP contribution is -1.92. The highest BCUT2D eigenvalue weighted by atomic mass is 14.9. The second kappa shape index (κ2) is 11.8. The van der Waals surface area contributed by atoms with Crippen LogP contribution in [0.3, 0.4) is 0 Å². The van der Waals surface area contributed by atoms with Crippen molar-refractivity contribution in [2.45, 2.75) is 83.5 Å². The second-order valence-electron chi connectivity index (χ2n) is 5.98. The molecule has 1 N–H and O–H groups in total. The fraction of sp³-hybridized carbons (Fsp3) is 0.722. The van der Waals surface area contributed by atoms with Gasteiger partial charge in [-0.1, -0.05) is 44.9 Å². The molecular formula is C18H28N4. The van der Waals surface area contributed by atoms with Crippen LogP contribution in [0.4, 0.5) is 0 Å². The van der Waals surface area contributed by atoms with E-state index in [1.165, 1.54) is 44.9 Å². The molecule has 0 radical (unpaired) electrons. The van der Waals surface area contributed by atoms with Crippen LogP contribution in [-0.2, 0) is 6.42 Å². The first-order valence-electron chi connectivity index (χ1n) is 8.58. The van der Waals surface area contributed by atoms with Crippen LogP contribution >= 0.6 is 0 Å². The summed E-state index contributed by atoms with van der Waals surface area (Å²) in [6, 6.07) is 4.41.